The maximum Gasteiger partial charge on any atom is 0.233 e. The van der Waals surface area contributed by atoms with E-state index in [-0.39, 0.29) is 0 Å². The molecule has 2 aromatic rings. The first-order valence-corrected chi connectivity index (χ1v) is 6.51. The van der Waals surface area contributed by atoms with Gasteiger partial charge in [0.25, 0.3) is 0 Å². The van der Waals surface area contributed by atoms with E-state index >= 15 is 0 Å². The van der Waals surface area contributed by atoms with E-state index in [0.29, 0.717) is 17.8 Å². The van der Waals surface area contributed by atoms with E-state index in [2.05, 4.69) is 37.6 Å². The quantitative estimate of drug-likeness (QED) is 0.821. The number of nitrogens with one attached hydrogen (secondary N) is 2. The monoisotopic (exact) mass is 276 g/mol. The van der Waals surface area contributed by atoms with Crippen molar-refractivity contribution in [2.75, 3.05) is 36.2 Å². The number of hydrogen-bond acceptors (Lipinski definition) is 7. The van der Waals surface area contributed by atoms with E-state index in [9.17, 15) is 0 Å². The highest BCUT2D eigenvalue weighted by Gasteiger charge is 2.08. The number of rotatable bonds is 6. The Labute approximate surface area is 118 Å². The lowest BCUT2D eigenvalue weighted by Crippen LogP contribution is -2.16. The van der Waals surface area contributed by atoms with E-state index in [1.54, 1.807) is 10.9 Å². The van der Waals surface area contributed by atoms with E-state index in [1.807, 2.05) is 32.2 Å². The molecular formula is C12H20N8. The van der Waals surface area contributed by atoms with Gasteiger partial charge >= 0.3 is 0 Å². The van der Waals surface area contributed by atoms with Gasteiger partial charge in [0.05, 0.1) is 11.9 Å². The van der Waals surface area contributed by atoms with Crippen molar-refractivity contribution in [3.8, 4) is 0 Å². The van der Waals surface area contributed by atoms with E-state index < -0.39 is 0 Å². The molecule has 0 amide bonds. The lowest BCUT2D eigenvalue weighted by Gasteiger charge is -2.13. The molecular weight excluding hydrogens is 256 g/mol. The molecule has 0 aliphatic heterocycles. The number of anilines is 4. The van der Waals surface area contributed by atoms with Gasteiger partial charge in [0, 0.05) is 33.9 Å². The van der Waals surface area contributed by atoms with Gasteiger partial charge in [0.1, 0.15) is 0 Å². The van der Waals surface area contributed by atoms with Crippen molar-refractivity contribution in [3.05, 3.63) is 12.4 Å². The minimum atomic E-state index is 0.496. The van der Waals surface area contributed by atoms with Crippen molar-refractivity contribution in [2.45, 2.75) is 13.3 Å². The maximum absolute atomic E-state index is 4.36. The molecule has 0 aliphatic rings. The summed E-state index contributed by atoms with van der Waals surface area (Å²) in [6, 6.07) is 0. The highest BCUT2D eigenvalue weighted by atomic mass is 15.3. The molecule has 0 atom stereocenters. The van der Waals surface area contributed by atoms with Crippen LogP contribution in [-0.4, -0.2) is 45.4 Å². The Hall–Kier alpha value is -2.38. The van der Waals surface area contributed by atoms with Gasteiger partial charge in [-0.15, -0.1) is 0 Å². The summed E-state index contributed by atoms with van der Waals surface area (Å²) in [5, 5.41) is 10.4. The Balaban J connectivity index is 2.23. The molecule has 2 N–H and O–H groups in total. The fourth-order valence-corrected chi connectivity index (χ4v) is 1.55. The maximum atomic E-state index is 4.36. The molecule has 0 unspecified atom stereocenters. The van der Waals surface area contributed by atoms with Crippen molar-refractivity contribution in [3.63, 3.8) is 0 Å². The molecule has 0 aromatic carbocycles. The van der Waals surface area contributed by atoms with Gasteiger partial charge < -0.3 is 15.5 Å². The summed E-state index contributed by atoms with van der Waals surface area (Å²) in [6.45, 7) is 2.92. The number of hydrogen-bond donors (Lipinski definition) is 2. The van der Waals surface area contributed by atoms with Crippen LogP contribution in [0.5, 0.6) is 0 Å². The Kier molecular flexibility index (Phi) is 4.34. The average molecular weight is 276 g/mol. The van der Waals surface area contributed by atoms with Crippen molar-refractivity contribution >= 4 is 23.5 Å². The zero-order valence-electron chi connectivity index (χ0n) is 12.3. The largest absolute Gasteiger partial charge is 0.354 e. The minimum absolute atomic E-state index is 0.496. The van der Waals surface area contributed by atoms with Crippen LogP contribution >= 0.6 is 0 Å². The Morgan fingerprint density at radius 3 is 2.55 bits per heavy atom. The lowest BCUT2D eigenvalue weighted by molar-refractivity contribution is 0.768. The van der Waals surface area contributed by atoms with Crippen LogP contribution in [0.1, 0.15) is 13.3 Å². The summed E-state index contributed by atoms with van der Waals surface area (Å²) >= 11 is 0. The third-order valence-corrected chi connectivity index (χ3v) is 2.52. The first-order chi connectivity index (χ1) is 9.58. The molecule has 0 bridgehead atoms. The van der Waals surface area contributed by atoms with Crippen molar-refractivity contribution in [2.24, 2.45) is 7.05 Å². The standard InChI is InChI=1S/C12H20N8/c1-5-6-13-10-16-11(18-12(17-10)19(2)3)15-9-7-14-20(4)8-9/h7-8H,5-6H2,1-4H3,(H2,13,15,16,17,18). The third kappa shape index (κ3) is 3.56. The van der Waals surface area contributed by atoms with Crippen LogP contribution in [0.3, 0.4) is 0 Å². The van der Waals surface area contributed by atoms with Crippen LogP contribution in [0, 0.1) is 0 Å². The highest BCUT2D eigenvalue weighted by Crippen LogP contribution is 2.15. The first kappa shape index (κ1) is 14.0. The summed E-state index contributed by atoms with van der Waals surface area (Å²) in [4.78, 5) is 14.9. The van der Waals surface area contributed by atoms with Gasteiger partial charge in [-0.1, -0.05) is 6.92 Å². The molecule has 0 saturated heterocycles. The van der Waals surface area contributed by atoms with Crippen LogP contribution in [0.2, 0.25) is 0 Å². The van der Waals surface area contributed by atoms with Crippen molar-refractivity contribution in [1.82, 2.24) is 24.7 Å². The number of nitrogens with zero attached hydrogens (tertiary/aromatic N) is 6. The first-order valence-electron chi connectivity index (χ1n) is 6.51. The highest BCUT2D eigenvalue weighted by molar-refractivity contribution is 5.53. The third-order valence-electron chi connectivity index (χ3n) is 2.52. The van der Waals surface area contributed by atoms with Crippen LogP contribution in [-0.2, 0) is 7.05 Å². The molecule has 0 radical (unpaired) electrons. The van der Waals surface area contributed by atoms with Gasteiger partial charge in [-0.05, 0) is 6.42 Å². The Bertz CT molecular complexity index is 562. The molecule has 2 heterocycles. The molecule has 2 aromatic heterocycles. The fourth-order valence-electron chi connectivity index (χ4n) is 1.55. The number of aryl methyl sites for hydroxylation is 1. The molecule has 0 spiro atoms. The predicted octanol–water partition coefficient (Wildman–Crippen LogP) is 1.24. The normalized spacial score (nSPS) is 10.4. The van der Waals surface area contributed by atoms with Crippen molar-refractivity contribution in [1.29, 1.82) is 0 Å². The topological polar surface area (TPSA) is 83.8 Å². The molecule has 8 heteroatoms. The van der Waals surface area contributed by atoms with Crippen LogP contribution in [0.15, 0.2) is 12.4 Å². The predicted molar refractivity (Wildman–Crippen MR) is 79.4 cm³/mol. The lowest BCUT2D eigenvalue weighted by atomic mass is 10.5. The summed E-state index contributed by atoms with van der Waals surface area (Å²) < 4.78 is 1.71. The molecule has 2 rings (SSSR count). The summed E-state index contributed by atoms with van der Waals surface area (Å²) in [5.74, 6) is 1.66. The van der Waals surface area contributed by atoms with Gasteiger partial charge in [-0.3, -0.25) is 4.68 Å². The van der Waals surface area contributed by atoms with Gasteiger partial charge in [-0.2, -0.15) is 20.1 Å². The number of aromatic nitrogens is 5. The smallest absolute Gasteiger partial charge is 0.233 e. The second-order valence-electron chi connectivity index (χ2n) is 4.63. The van der Waals surface area contributed by atoms with Crippen LogP contribution < -0.4 is 15.5 Å². The summed E-state index contributed by atoms with van der Waals surface area (Å²) in [5.41, 5.74) is 0.838. The second-order valence-corrected chi connectivity index (χ2v) is 4.63. The van der Waals surface area contributed by atoms with E-state index in [0.717, 1.165) is 18.7 Å². The second kappa shape index (κ2) is 6.18. The van der Waals surface area contributed by atoms with Crippen molar-refractivity contribution < 1.29 is 0 Å². The summed E-state index contributed by atoms with van der Waals surface area (Å²) in [7, 11) is 5.65. The molecule has 108 valence electrons. The van der Waals surface area contributed by atoms with E-state index in [4.69, 9.17) is 0 Å². The molecule has 0 saturated carbocycles. The SMILES string of the molecule is CCCNc1nc(Nc2cnn(C)c2)nc(N(C)C)n1. The van der Waals surface area contributed by atoms with Crippen LogP contribution in [0.4, 0.5) is 23.5 Å². The minimum Gasteiger partial charge on any atom is -0.354 e. The summed E-state index contributed by atoms with van der Waals surface area (Å²) in [6.07, 6.45) is 4.59. The molecule has 20 heavy (non-hydrogen) atoms. The molecule has 8 nitrogen and oxygen atoms in total. The Morgan fingerprint density at radius 1 is 1.20 bits per heavy atom. The molecule has 0 aliphatic carbocycles. The zero-order valence-corrected chi connectivity index (χ0v) is 12.3. The molecule has 0 fully saturated rings. The average Bonchev–Trinajstić information content (AvgIpc) is 2.81. The van der Waals surface area contributed by atoms with Crippen LogP contribution in [0.25, 0.3) is 0 Å². The fraction of sp³-hybridized carbons (Fsp3) is 0.500. The van der Waals surface area contributed by atoms with Gasteiger partial charge in [0.2, 0.25) is 17.8 Å². The zero-order chi connectivity index (χ0) is 14.5. The van der Waals surface area contributed by atoms with Gasteiger partial charge in [0.15, 0.2) is 0 Å². The Morgan fingerprint density at radius 2 is 1.95 bits per heavy atom. The van der Waals surface area contributed by atoms with E-state index in [1.165, 1.54) is 0 Å². The van der Waals surface area contributed by atoms with Gasteiger partial charge in [-0.25, -0.2) is 0 Å².